The second-order valence-electron chi connectivity index (χ2n) is 4.83. The fourth-order valence-corrected chi connectivity index (χ4v) is 1.96. The molecule has 0 spiro atoms. The molecule has 0 aliphatic rings. The van der Waals surface area contributed by atoms with Crippen LogP contribution < -0.4 is 0 Å². The highest BCUT2D eigenvalue weighted by Gasteiger charge is 2.14. The summed E-state index contributed by atoms with van der Waals surface area (Å²) in [5, 5.41) is 9.18. The lowest BCUT2D eigenvalue weighted by atomic mass is 10.1. The summed E-state index contributed by atoms with van der Waals surface area (Å²) in [5.74, 6) is -0.148. The molecular formula is C16H24O3. The van der Waals surface area contributed by atoms with Crippen LogP contribution >= 0.6 is 0 Å². The molecule has 0 aliphatic carbocycles. The summed E-state index contributed by atoms with van der Waals surface area (Å²) in [7, 11) is 0. The molecule has 0 saturated carbocycles. The highest BCUT2D eigenvalue weighted by Crippen LogP contribution is 2.15. The van der Waals surface area contributed by atoms with Crippen molar-refractivity contribution >= 4 is 5.97 Å². The van der Waals surface area contributed by atoms with E-state index in [0.717, 1.165) is 19.3 Å². The summed E-state index contributed by atoms with van der Waals surface area (Å²) < 4.78 is 5.49. The lowest BCUT2D eigenvalue weighted by Gasteiger charge is -2.16. The van der Waals surface area contributed by atoms with E-state index in [2.05, 4.69) is 6.92 Å². The molecular weight excluding hydrogens is 240 g/mol. The lowest BCUT2D eigenvalue weighted by Crippen LogP contribution is -2.17. The van der Waals surface area contributed by atoms with E-state index in [4.69, 9.17) is 4.74 Å². The second-order valence-corrected chi connectivity index (χ2v) is 4.83. The van der Waals surface area contributed by atoms with Crippen molar-refractivity contribution < 1.29 is 14.6 Å². The monoisotopic (exact) mass is 264 g/mol. The van der Waals surface area contributed by atoms with Crippen LogP contribution in [0.1, 0.15) is 62.7 Å². The average Bonchev–Trinajstić information content (AvgIpc) is 2.42. The molecule has 0 amide bonds. The van der Waals surface area contributed by atoms with Gasteiger partial charge in [-0.1, -0.05) is 33.1 Å². The molecule has 0 bridgehead atoms. The molecule has 1 unspecified atom stereocenters. The lowest BCUT2D eigenvalue weighted by molar-refractivity contribution is 0.0267. The molecule has 1 aromatic carbocycles. The number of benzene rings is 1. The first-order valence-electron chi connectivity index (χ1n) is 7.17. The van der Waals surface area contributed by atoms with Crippen molar-refractivity contribution in [2.24, 2.45) is 0 Å². The maximum atomic E-state index is 11.9. The van der Waals surface area contributed by atoms with Crippen LogP contribution in [0.15, 0.2) is 24.3 Å². The van der Waals surface area contributed by atoms with E-state index < -0.39 is 0 Å². The van der Waals surface area contributed by atoms with E-state index >= 15 is 0 Å². The first-order valence-corrected chi connectivity index (χ1v) is 7.17. The molecule has 3 heteroatoms. The topological polar surface area (TPSA) is 46.5 Å². The van der Waals surface area contributed by atoms with Gasteiger partial charge in [0, 0.05) is 0 Å². The summed E-state index contributed by atoms with van der Waals surface area (Å²) in [6.07, 6.45) is 6.53. The number of phenols is 1. The third-order valence-electron chi connectivity index (χ3n) is 3.21. The van der Waals surface area contributed by atoms with Crippen LogP contribution in [0.2, 0.25) is 0 Å². The normalized spacial score (nSPS) is 12.1. The molecule has 1 atom stereocenters. The van der Waals surface area contributed by atoms with Crippen molar-refractivity contribution in [1.29, 1.82) is 0 Å². The molecule has 1 aromatic rings. The highest BCUT2D eigenvalue weighted by atomic mass is 16.5. The Labute approximate surface area is 115 Å². The third kappa shape index (κ3) is 5.77. The van der Waals surface area contributed by atoms with Crippen LogP contribution in [0.25, 0.3) is 0 Å². The number of carbonyl (C=O) groups is 1. The van der Waals surface area contributed by atoms with Gasteiger partial charge in [0.25, 0.3) is 0 Å². The first kappa shape index (κ1) is 15.5. The molecule has 0 aliphatic heterocycles. The maximum absolute atomic E-state index is 11.9. The minimum atomic E-state index is -0.303. The van der Waals surface area contributed by atoms with E-state index in [0.29, 0.717) is 5.56 Å². The van der Waals surface area contributed by atoms with Gasteiger partial charge in [0.1, 0.15) is 11.9 Å². The van der Waals surface area contributed by atoms with Crippen molar-refractivity contribution in [3.8, 4) is 5.75 Å². The zero-order valence-electron chi connectivity index (χ0n) is 11.9. The summed E-state index contributed by atoms with van der Waals surface area (Å²) in [5.41, 5.74) is 0.491. The van der Waals surface area contributed by atoms with E-state index in [-0.39, 0.29) is 17.8 Å². The van der Waals surface area contributed by atoms with Gasteiger partial charge in [-0.3, -0.25) is 0 Å². The molecule has 1 N–H and O–H groups in total. The summed E-state index contributed by atoms with van der Waals surface area (Å²) >= 11 is 0. The van der Waals surface area contributed by atoms with Crippen LogP contribution in [0, 0.1) is 0 Å². The Morgan fingerprint density at radius 1 is 1.16 bits per heavy atom. The number of rotatable bonds is 8. The number of hydrogen-bond donors (Lipinski definition) is 1. The summed E-state index contributed by atoms with van der Waals surface area (Å²) in [6, 6.07) is 6.17. The van der Waals surface area contributed by atoms with Crippen LogP contribution in [0.4, 0.5) is 0 Å². The number of ether oxygens (including phenoxy) is 1. The molecule has 0 aromatic heterocycles. The zero-order chi connectivity index (χ0) is 14.1. The van der Waals surface area contributed by atoms with Crippen LogP contribution in [-0.4, -0.2) is 17.2 Å². The smallest absolute Gasteiger partial charge is 0.338 e. The third-order valence-corrected chi connectivity index (χ3v) is 3.21. The quantitative estimate of drug-likeness (QED) is 0.562. The molecule has 0 fully saturated rings. The minimum absolute atomic E-state index is 0.00170. The fourth-order valence-electron chi connectivity index (χ4n) is 1.96. The van der Waals surface area contributed by atoms with Crippen molar-refractivity contribution in [2.45, 2.75) is 58.5 Å². The van der Waals surface area contributed by atoms with Gasteiger partial charge in [-0.2, -0.15) is 0 Å². The largest absolute Gasteiger partial charge is 0.508 e. The number of carbonyl (C=O) groups excluding carboxylic acids is 1. The fraction of sp³-hybridized carbons (Fsp3) is 0.562. The first-order chi connectivity index (χ1) is 9.17. The molecule has 1 rings (SSSR count). The molecule has 3 nitrogen and oxygen atoms in total. The zero-order valence-corrected chi connectivity index (χ0v) is 11.9. The van der Waals surface area contributed by atoms with Gasteiger partial charge in [-0.25, -0.2) is 4.79 Å². The van der Waals surface area contributed by atoms with E-state index in [1.54, 1.807) is 12.1 Å². The van der Waals surface area contributed by atoms with Gasteiger partial charge in [0.15, 0.2) is 0 Å². The van der Waals surface area contributed by atoms with Crippen molar-refractivity contribution in [3.05, 3.63) is 29.8 Å². The Hall–Kier alpha value is -1.51. The Kier molecular flexibility index (Phi) is 7.01. The molecule has 19 heavy (non-hydrogen) atoms. The summed E-state index contributed by atoms with van der Waals surface area (Å²) in [4.78, 5) is 11.9. The molecule has 106 valence electrons. The van der Waals surface area contributed by atoms with Crippen molar-refractivity contribution in [2.75, 3.05) is 0 Å². The van der Waals surface area contributed by atoms with E-state index in [1.807, 2.05) is 6.92 Å². The number of phenolic OH excluding ortho intramolecular Hbond substituents is 1. The van der Waals surface area contributed by atoms with Crippen LogP contribution in [0.5, 0.6) is 5.75 Å². The number of aromatic hydroxyl groups is 1. The molecule has 0 radical (unpaired) electrons. The predicted molar refractivity (Wildman–Crippen MR) is 76.4 cm³/mol. The second kappa shape index (κ2) is 8.57. The van der Waals surface area contributed by atoms with Crippen molar-refractivity contribution in [3.63, 3.8) is 0 Å². The van der Waals surface area contributed by atoms with Gasteiger partial charge in [0.2, 0.25) is 0 Å². The van der Waals surface area contributed by atoms with Gasteiger partial charge in [-0.15, -0.1) is 0 Å². The van der Waals surface area contributed by atoms with E-state index in [1.165, 1.54) is 31.4 Å². The summed E-state index contributed by atoms with van der Waals surface area (Å²) in [6.45, 7) is 4.22. The number of esters is 1. The number of hydrogen-bond acceptors (Lipinski definition) is 3. The van der Waals surface area contributed by atoms with Crippen LogP contribution in [0.3, 0.4) is 0 Å². The average molecular weight is 264 g/mol. The predicted octanol–water partition coefficient (Wildman–Crippen LogP) is 4.30. The van der Waals surface area contributed by atoms with Crippen molar-refractivity contribution in [1.82, 2.24) is 0 Å². The van der Waals surface area contributed by atoms with Gasteiger partial charge >= 0.3 is 5.97 Å². The molecule has 0 heterocycles. The van der Waals surface area contributed by atoms with Gasteiger partial charge in [-0.05, 0) is 43.5 Å². The number of unbranched alkanes of at least 4 members (excludes halogenated alkanes) is 3. The maximum Gasteiger partial charge on any atom is 0.338 e. The highest BCUT2D eigenvalue weighted by molar-refractivity contribution is 5.89. The standard InChI is InChI=1S/C16H24O3/c1-3-5-6-7-8-15(4-2)19-16(18)13-9-11-14(17)12-10-13/h9-12,15,17H,3-8H2,1-2H3. The molecule has 0 saturated heterocycles. The van der Waals surface area contributed by atoms with E-state index in [9.17, 15) is 9.90 Å². The van der Waals surface area contributed by atoms with Gasteiger partial charge in [0.05, 0.1) is 5.56 Å². The minimum Gasteiger partial charge on any atom is -0.508 e. The van der Waals surface area contributed by atoms with Crippen LogP contribution in [-0.2, 0) is 4.74 Å². The Morgan fingerprint density at radius 3 is 2.42 bits per heavy atom. The SMILES string of the molecule is CCCCCCC(CC)OC(=O)c1ccc(O)cc1. The Morgan fingerprint density at radius 2 is 1.84 bits per heavy atom. The Balaban J connectivity index is 2.42. The Bertz CT molecular complexity index is 370. The van der Waals surface area contributed by atoms with Gasteiger partial charge < -0.3 is 9.84 Å².